The summed E-state index contributed by atoms with van der Waals surface area (Å²) in [4.78, 5) is 0. The number of thiophene rings is 1. The molecule has 0 unspecified atom stereocenters. The highest BCUT2D eigenvalue weighted by molar-refractivity contribution is 7.07. The maximum atomic E-state index is 3.18. The Labute approximate surface area is 94.6 Å². The van der Waals surface area contributed by atoms with Crippen LogP contribution < -0.4 is 5.32 Å². The molecule has 0 aromatic carbocycles. The molecular weight excluding hydrogens is 204 g/mol. The minimum absolute atomic E-state index is 0.941. The molecule has 0 radical (unpaired) electrons. The summed E-state index contributed by atoms with van der Waals surface area (Å²) in [5.74, 6) is 0. The van der Waals surface area contributed by atoms with Crippen LogP contribution in [-0.2, 0) is 19.5 Å². The summed E-state index contributed by atoms with van der Waals surface area (Å²) in [6, 6.07) is 6.48. The quantitative estimate of drug-likeness (QED) is 0.819. The van der Waals surface area contributed by atoms with Gasteiger partial charge < -0.3 is 9.88 Å². The minimum Gasteiger partial charge on any atom is -0.350 e. The van der Waals surface area contributed by atoms with Gasteiger partial charge in [0.05, 0.1) is 0 Å². The number of aryl methyl sites for hydroxylation is 2. The SMILES string of the molecule is CNCc1cccn1CCc1ccsc1. The number of rotatable bonds is 5. The smallest absolute Gasteiger partial charge is 0.0356 e. The third-order valence-corrected chi connectivity index (χ3v) is 3.23. The van der Waals surface area contributed by atoms with E-state index in [1.807, 2.05) is 7.05 Å². The molecule has 2 aromatic rings. The fourth-order valence-electron chi connectivity index (χ4n) is 1.69. The molecule has 2 aromatic heterocycles. The first-order chi connectivity index (χ1) is 7.40. The molecule has 0 aliphatic heterocycles. The molecule has 2 heterocycles. The maximum Gasteiger partial charge on any atom is 0.0356 e. The molecule has 3 heteroatoms. The summed E-state index contributed by atoms with van der Waals surface area (Å²) in [7, 11) is 1.98. The van der Waals surface area contributed by atoms with Crippen LogP contribution in [0.4, 0.5) is 0 Å². The zero-order valence-electron chi connectivity index (χ0n) is 8.94. The molecule has 80 valence electrons. The fraction of sp³-hybridized carbons (Fsp3) is 0.333. The Bertz CT molecular complexity index is 389. The van der Waals surface area contributed by atoms with Crippen LogP contribution in [0.5, 0.6) is 0 Å². The molecule has 0 saturated heterocycles. The summed E-state index contributed by atoms with van der Waals surface area (Å²) in [5.41, 5.74) is 2.79. The topological polar surface area (TPSA) is 17.0 Å². The number of nitrogens with one attached hydrogen (secondary N) is 1. The van der Waals surface area contributed by atoms with Gasteiger partial charge in [-0.3, -0.25) is 0 Å². The molecule has 0 spiro atoms. The summed E-state index contributed by atoms with van der Waals surface area (Å²) in [6.07, 6.45) is 3.27. The van der Waals surface area contributed by atoms with E-state index in [0.29, 0.717) is 0 Å². The Kier molecular flexibility index (Phi) is 3.59. The lowest BCUT2D eigenvalue weighted by Crippen LogP contribution is -2.11. The molecule has 1 N–H and O–H groups in total. The van der Waals surface area contributed by atoms with Gasteiger partial charge in [0.25, 0.3) is 0 Å². The predicted octanol–water partition coefficient (Wildman–Crippen LogP) is 2.51. The van der Waals surface area contributed by atoms with Crippen molar-refractivity contribution in [3.05, 3.63) is 46.4 Å². The van der Waals surface area contributed by atoms with Gasteiger partial charge in [0, 0.05) is 25.0 Å². The van der Waals surface area contributed by atoms with E-state index in [1.54, 1.807) is 11.3 Å². The van der Waals surface area contributed by atoms with Gasteiger partial charge in [-0.15, -0.1) is 0 Å². The second-order valence-electron chi connectivity index (χ2n) is 3.60. The third-order valence-electron chi connectivity index (χ3n) is 2.50. The summed E-state index contributed by atoms with van der Waals surface area (Å²) in [5, 5.41) is 7.55. The van der Waals surface area contributed by atoms with Gasteiger partial charge in [0.1, 0.15) is 0 Å². The molecule has 2 nitrogen and oxygen atoms in total. The van der Waals surface area contributed by atoms with Crippen molar-refractivity contribution in [3.8, 4) is 0 Å². The Morgan fingerprint density at radius 2 is 2.33 bits per heavy atom. The molecule has 0 fully saturated rings. The third kappa shape index (κ3) is 2.70. The van der Waals surface area contributed by atoms with Crippen molar-refractivity contribution in [3.63, 3.8) is 0 Å². The van der Waals surface area contributed by atoms with Crippen molar-refractivity contribution in [2.75, 3.05) is 7.05 Å². The molecule has 0 aliphatic carbocycles. The van der Waals surface area contributed by atoms with Crippen molar-refractivity contribution >= 4 is 11.3 Å². The summed E-state index contributed by atoms with van der Waals surface area (Å²) in [6.45, 7) is 2.01. The van der Waals surface area contributed by atoms with E-state index in [-0.39, 0.29) is 0 Å². The molecular formula is C12H16N2S. The van der Waals surface area contributed by atoms with E-state index in [1.165, 1.54) is 11.3 Å². The molecule has 0 amide bonds. The Balaban J connectivity index is 1.95. The predicted molar refractivity (Wildman–Crippen MR) is 65.2 cm³/mol. The second kappa shape index (κ2) is 5.14. The molecule has 2 rings (SSSR count). The van der Waals surface area contributed by atoms with E-state index < -0.39 is 0 Å². The first-order valence-electron chi connectivity index (χ1n) is 5.20. The van der Waals surface area contributed by atoms with Gasteiger partial charge in [-0.2, -0.15) is 11.3 Å². The van der Waals surface area contributed by atoms with Gasteiger partial charge in [-0.25, -0.2) is 0 Å². The molecule has 0 saturated carbocycles. The van der Waals surface area contributed by atoms with Gasteiger partial charge in [-0.1, -0.05) is 0 Å². The van der Waals surface area contributed by atoms with Crippen molar-refractivity contribution in [2.24, 2.45) is 0 Å². The van der Waals surface area contributed by atoms with Crippen LogP contribution in [0.15, 0.2) is 35.2 Å². The lowest BCUT2D eigenvalue weighted by molar-refractivity contribution is 0.640. The van der Waals surface area contributed by atoms with Gasteiger partial charge >= 0.3 is 0 Å². The summed E-state index contributed by atoms with van der Waals surface area (Å²) >= 11 is 1.77. The van der Waals surface area contributed by atoms with Crippen LogP contribution in [0.2, 0.25) is 0 Å². The van der Waals surface area contributed by atoms with Gasteiger partial charge in [0.15, 0.2) is 0 Å². The normalized spacial score (nSPS) is 10.7. The zero-order chi connectivity index (χ0) is 10.5. The van der Waals surface area contributed by atoms with E-state index >= 15 is 0 Å². The fourth-order valence-corrected chi connectivity index (χ4v) is 2.40. The van der Waals surface area contributed by atoms with Crippen LogP contribution in [0, 0.1) is 0 Å². The number of hydrogen-bond donors (Lipinski definition) is 1. The zero-order valence-corrected chi connectivity index (χ0v) is 9.76. The van der Waals surface area contributed by atoms with E-state index in [2.05, 4.69) is 45.0 Å². The number of nitrogens with zero attached hydrogens (tertiary/aromatic N) is 1. The highest BCUT2D eigenvalue weighted by Gasteiger charge is 2.00. The first-order valence-corrected chi connectivity index (χ1v) is 6.14. The Morgan fingerprint density at radius 3 is 3.07 bits per heavy atom. The summed E-state index contributed by atoms with van der Waals surface area (Å²) < 4.78 is 2.31. The maximum absolute atomic E-state index is 3.18. The average Bonchev–Trinajstić information content (AvgIpc) is 2.85. The number of hydrogen-bond acceptors (Lipinski definition) is 2. The Morgan fingerprint density at radius 1 is 1.40 bits per heavy atom. The molecule has 0 bridgehead atoms. The van der Waals surface area contributed by atoms with E-state index in [0.717, 1.165) is 19.5 Å². The van der Waals surface area contributed by atoms with Gasteiger partial charge in [-0.05, 0) is 48.0 Å². The monoisotopic (exact) mass is 220 g/mol. The minimum atomic E-state index is 0.941. The lowest BCUT2D eigenvalue weighted by Gasteiger charge is -2.07. The van der Waals surface area contributed by atoms with Crippen molar-refractivity contribution < 1.29 is 0 Å². The standard InChI is InChI=1S/C12H16N2S/c1-13-9-12-3-2-6-14(12)7-4-11-5-8-15-10-11/h2-3,5-6,8,10,13H,4,7,9H2,1H3. The highest BCUT2D eigenvalue weighted by Crippen LogP contribution is 2.09. The van der Waals surface area contributed by atoms with E-state index in [9.17, 15) is 0 Å². The van der Waals surface area contributed by atoms with Crippen LogP contribution in [0.25, 0.3) is 0 Å². The second-order valence-corrected chi connectivity index (χ2v) is 4.38. The van der Waals surface area contributed by atoms with Crippen LogP contribution in [0.1, 0.15) is 11.3 Å². The largest absolute Gasteiger partial charge is 0.350 e. The van der Waals surface area contributed by atoms with E-state index in [4.69, 9.17) is 0 Å². The van der Waals surface area contributed by atoms with Crippen LogP contribution in [-0.4, -0.2) is 11.6 Å². The lowest BCUT2D eigenvalue weighted by atomic mass is 10.2. The first kappa shape index (κ1) is 10.5. The van der Waals surface area contributed by atoms with Crippen molar-refractivity contribution in [1.29, 1.82) is 0 Å². The van der Waals surface area contributed by atoms with Crippen LogP contribution in [0.3, 0.4) is 0 Å². The molecule has 15 heavy (non-hydrogen) atoms. The van der Waals surface area contributed by atoms with Crippen molar-refractivity contribution in [1.82, 2.24) is 9.88 Å². The average molecular weight is 220 g/mol. The van der Waals surface area contributed by atoms with Crippen molar-refractivity contribution in [2.45, 2.75) is 19.5 Å². The highest BCUT2D eigenvalue weighted by atomic mass is 32.1. The van der Waals surface area contributed by atoms with Gasteiger partial charge in [0.2, 0.25) is 0 Å². The van der Waals surface area contributed by atoms with Crippen LogP contribution >= 0.6 is 11.3 Å². The molecule has 0 atom stereocenters. The number of aromatic nitrogens is 1. The Hall–Kier alpha value is -1.06. The molecule has 0 aliphatic rings.